The average Bonchev–Trinajstić information content (AvgIpc) is 2.60. The van der Waals surface area contributed by atoms with Crippen LogP contribution in [0.25, 0.3) is 11.0 Å². The maximum absolute atomic E-state index is 9.74. The lowest BCUT2D eigenvalue weighted by Crippen LogP contribution is -2.21. The van der Waals surface area contributed by atoms with E-state index in [0.29, 0.717) is 30.0 Å². The summed E-state index contributed by atoms with van der Waals surface area (Å²) >= 11 is 0. The standard InChI is InChI=1S/C13H16N4O/c1-13(2,18)5-6-17-11-4-3-9(8-14)7-10(11)16-12(17)15/h3-4,7,18H,5-6H2,1-2H3,(H2,15,16). The fraction of sp³-hybridized carbons (Fsp3) is 0.385. The Hall–Kier alpha value is -2.06. The van der Waals surface area contributed by atoms with Gasteiger partial charge in [0.15, 0.2) is 0 Å². The number of aryl methyl sites for hydroxylation is 1. The van der Waals surface area contributed by atoms with Crippen molar-refractivity contribution in [1.82, 2.24) is 9.55 Å². The molecule has 0 aliphatic heterocycles. The van der Waals surface area contributed by atoms with Crippen LogP contribution in [-0.4, -0.2) is 20.3 Å². The Morgan fingerprint density at radius 1 is 1.50 bits per heavy atom. The quantitative estimate of drug-likeness (QED) is 0.859. The summed E-state index contributed by atoms with van der Waals surface area (Å²) in [6, 6.07) is 7.36. The molecule has 5 heteroatoms. The number of rotatable bonds is 3. The summed E-state index contributed by atoms with van der Waals surface area (Å²) in [5, 5.41) is 18.6. The lowest BCUT2D eigenvalue weighted by atomic mass is 10.1. The van der Waals surface area contributed by atoms with E-state index in [-0.39, 0.29) is 0 Å². The second-order valence-corrected chi connectivity index (χ2v) is 5.00. The van der Waals surface area contributed by atoms with Crippen molar-refractivity contribution < 1.29 is 5.11 Å². The molecular weight excluding hydrogens is 228 g/mol. The molecule has 0 amide bonds. The molecule has 1 heterocycles. The van der Waals surface area contributed by atoms with Gasteiger partial charge in [-0.05, 0) is 38.5 Å². The molecule has 0 saturated heterocycles. The van der Waals surface area contributed by atoms with E-state index in [2.05, 4.69) is 11.1 Å². The first kappa shape index (κ1) is 12.4. The number of aliphatic hydroxyl groups is 1. The van der Waals surface area contributed by atoms with Gasteiger partial charge in [0.2, 0.25) is 5.95 Å². The van der Waals surface area contributed by atoms with Gasteiger partial charge >= 0.3 is 0 Å². The van der Waals surface area contributed by atoms with Crippen LogP contribution in [0.4, 0.5) is 5.95 Å². The van der Waals surface area contributed by atoms with Gasteiger partial charge in [-0.3, -0.25) is 0 Å². The Morgan fingerprint density at radius 3 is 2.83 bits per heavy atom. The first-order chi connectivity index (χ1) is 8.40. The minimum absolute atomic E-state index is 0.407. The molecule has 0 unspecified atom stereocenters. The number of benzene rings is 1. The molecular formula is C13H16N4O. The van der Waals surface area contributed by atoms with Crippen molar-refractivity contribution in [2.24, 2.45) is 0 Å². The van der Waals surface area contributed by atoms with Gasteiger partial charge in [-0.15, -0.1) is 0 Å². The number of nitrogen functional groups attached to an aromatic ring is 1. The topological polar surface area (TPSA) is 87.9 Å². The average molecular weight is 244 g/mol. The van der Waals surface area contributed by atoms with E-state index >= 15 is 0 Å². The monoisotopic (exact) mass is 244 g/mol. The molecule has 1 aromatic carbocycles. The molecule has 0 fully saturated rings. The molecule has 1 aromatic heterocycles. The van der Waals surface area contributed by atoms with Gasteiger partial charge in [0.05, 0.1) is 28.3 Å². The van der Waals surface area contributed by atoms with Crippen molar-refractivity contribution in [3.63, 3.8) is 0 Å². The predicted octanol–water partition coefficient (Wildman–Crippen LogP) is 1.65. The third-order valence-corrected chi connectivity index (χ3v) is 2.85. The molecule has 0 aliphatic carbocycles. The summed E-state index contributed by atoms with van der Waals surface area (Å²) in [4.78, 5) is 4.23. The smallest absolute Gasteiger partial charge is 0.201 e. The van der Waals surface area contributed by atoms with Crippen LogP contribution in [0.3, 0.4) is 0 Å². The van der Waals surface area contributed by atoms with E-state index in [1.807, 2.05) is 10.6 Å². The number of hydrogen-bond donors (Lipinski definition) is 2. The molecule has 2 rings (SSSR count). The Balaban J connectivity index is 2.39. The summed E-state index contributed by atoms with van der Waals surface area (Å²) in [5.74, 6) is 0.407. The minimum Gasteiger partial charge on any atom is -0.390 e. The van der Waals surface area contributed by atoms with Crippen molar-refractivity contribution in [2.45, 2.75) is 32.4 Å². The van der Waals surface area contributed by atoms with Crippen molar-refractivity contribution in [3.8, 4) is 6.07 Å². The Morgan fingerprint density at radius 2 is 2.22 bits per heavy atom. The van der Waals surface area contributed by atoms with Crippen LogP contribution in [0, 0.1) is 11.3 Å². The second-order valence-electron chi connectivity index (χ2n) is 5.00. The van der Waals surface area contributed by atoms with Gasteiger partial charge in [-0.2, -0.15) is 5.26 Å². The van der Waals surface area contributed by atoms with Crippen LogP contribution in [0.15, 0.2) is 18.2 Å². The highest BCUT2D eigenvalue weighted by atomic mass is 16.3. The second kappa shape index (κ2) is 4.31. The zero-order chi connectivity index (χ0) is 13.3. The number of nitriles is 1. The molecule has 0 saturated carbocycles. The highest BCUT2D eigenvalue weighted by Gasteiger charge is 2.15. The Labute approximate surface area is 105 Å². The molecule has 2 aromatic rings. The van der Waals surface area contributed by atoms with Crippen LogP contribution < -0.4 is 5.73 Å². The molecule has 3 N–H and O–H groups in total. The fourth-order valence-corrected chi connectivity index (χ4v) is 1.84. The van der Waals surface area contributed by atoms with Crippen molar-refractivity contribution in [2.75, 3.05) is 5.73 Å². The van der Waals surface area contributed by atoms with E-state index in [1.54, 1.807) is 26.0 Å². The third-order valence-electron chi connectivity index (χ3n) is 2.85. The van der Waals surface area contributed by atoms with E-state index in [1.165, 1.54) is 0 Å². The maximum Gasteiger partial charge on any atom is 0.201 e. The van der Waals surface area contributed by atoms with E-state index < -0.39 is 5.60 Å². The lowest BCUT2D eigenvalue weighted by molar-refractivity contribution is 0.0667. The van der Waals surface area contributed by atoms with Gasteiger partial charge < -0.3 is 15.4 Å². The van der Waals surface area contributed by atoms with Crippen LogP contribution in [-0.2, 0) is 6.54 Å². The van der Waals surface area contributed by atoms with Gasteiger partial charge in [0.1, 0.15) is 0 Å². The van der Waals surface area contributed by atoms with Gasteiger partial charge in [0, 0.05) is 6.54 Å². The molecule has 0 bridgehead atoms. The fourth-order valence-electron chi connectivity index (χ4n) is 1.84. The number of nitrogens with two attached hydrogens (primary N) is 1. The normalized spacial score (nSPS) is 11.7. The molecule has 0 spiro atoms. The first-order valence-electron chi connectivity index (χ1n) is 5.79. The summed E-state index contributed by atoms with van der Waals surface area (Å²) in [6.45, 7) is 4.12. The highest BCUT2D eigenvalue weighted by Crippen LogP contribution is 2.21. The van der Waals surface area contributed by atoms with Crippen molar-refractivity contribution >= 4 is 17.0 Å². The number of nitrogens with zero attached hydrogens (tertiary/aromatic N) is 3. The molecule has 0 aliphatic rings. The van der Waals surface area contributed by atoms with Crippen LogP contribution >= 0.6 is 0 Å². The van der Waals surface area contributed by atoms with E-state index in [9.17, 15) is 5.11 Å². The molecule has 0 atom stereocenters. The summed E-state index contributed by atoms with van der Waals surface area (Å²) in [6.07, 6.45) is 0.586. The zero-order valence-electron chi connectivity index (χ0n) is 10.5. The largest absolute Gasteiger partial charge is 0.390 e. The van der Waals surface area contributed by atoms with Crippen LogP contribution in [0.5, 0.6) is 0 Å². The predicted molar refractivity (Wildman–Crippen MR) is 69.8 cm³/mol. The number of imidazole rings is 1. The van der Waals surface area contributed by atoms with Gasteiger partial charge in [-0.25, -0.2) is 4.98 Å². The molecule has 5 nitrogen and oxygen atoms in total. The Kier molecular flexibility index (Phi) is 2.97. The van der Waals surface area contributed by atoms with E-state index in [4.69, 9.17) is 11.0 Å². The van der Waals surface area contributed by atoms with Crippen LogP contribution in [0.2, 0.25) is 0 Å². The zero-order valence-corrected chi connectivity index (χ0v) is 10.5. The molecule has 18 heavy (non-hydrogen) atoms. The minimum atomic E-state index is -0.740. The van der Waals surface area contributed by atoms with Crippen LogP contribution in [0.1, 0.15) is 25.8 Å². The summed E-state index contributed by atoms with van der Waals surface area (Å²) in [7, 11) is 0. The third kappa shape index (κ3) is 2.44. The van der Waals surface area contributed by atoms with Crippen molar-refractivity contribution in [1.29, 1.82) is 5.26 Å². The molecule has 94 valence electrons. The summed E-state index contributed by atoms with van der Waals surface area (Å²) in [5.41, 5.74) is 7.28. The number of fused-ring (bicyclic) bond motifs is 1. The first-order valence-corrected chi connectivity index (χ1v) is 5.79. The SMILES string of the molecule is CC(C)(O)CCn1c(N)nc2cc(C#N)ccc21. The van der Waals surface area contributed by atoms with Gasteiger partial charge in [0.25, 0.3) is 0 Å². The number of aromatic nitrogens is 2. The Bertz CT molecular complexity index is 616. The molecule has 0 radical (unpaired) electrons. The van der Waals surface area contributed by atoms with E-state index in [0.717, 1.165) is 5.52 Å². The number of anilines is 1. The lowest BCUT2D eigenvalue weighted by Gasteiger charge is -2.17. The number of hydrogen-bond acceptors (Lipinski definition) is 4. The van der Waals surface area contributed by atoms with Gasteiger partial charge in [-0.1, -0.05) is 0 Å². The van der Waals surface area contributed by atoms with Crippen molar-refractivity contribution in [3.05, 3.63) is 23.8 Å². The summed E-state index contributed by atoms with van der Waals surface area (Å²) < 4.78 is 1.86. The highest BCUT2D eigenvalue weighted by molar-refractivity contribution is 5.79. The maximum atomic E-state index is 9.74.